The lowest BCUT2D eigenvalue weighted by atomic mass is 10.2. The lowest BCUT2D eigenvalue weighted by molar-refractivity contribution is 0.760. The maximum absolute atomic E-state index is 3.76. The van der Waals surface area contributed by atoms with Crippen molar-refractivity contribution in [3.63, 3.8) is 0 Å². The van der Waals surface area contributed by atoms with E-state index in [9.17, 15) is 0 Å². The lowest BCUT2D eigenvalue weighted by Gasteiger charge is -1.88. The van der Waals surface area contributed by atoms with Gasteiger partial charge in [-0.1, -0.05) is 31.9 Å². The fourth-order valence-electron chi connectivity index (χ4n) is 0.606. The van der Waals surface area contributed by atoms with Gasteiger partial charge in [0, 0.05) is 0 Å². The molecule has 0 aromatic heterocycles. The Morgan fingerprint density at radius 1 is 1.38 bits per heavy atom. The molecular formula is C8H15. The van der Waals surface area contributed by atoms with Crippen LogP contribution in [0, 0.1) is 6.92 Å². The Kier molecular flexibility index (Phi) is 6.52. The first-order valence-corrected chi connectivity index (χ1v) is 3.32. The van der Waals surface area contributed by atoms with E-state index in [4.69, 9.17) is 0 Å². The summed E-state index contributed by atoms with van der Waals surface area (Å²) in [5.74, 6) is 0. The van der Waals surface area contributed by atoms with Gasteiger partial charge in [0.15, 0.2) is 0 Å². The Morgan fingerprint density at radius 3 is 2.62 bits per heavy atom. The van der Waals surface area contributed by atoms with Gasteiger partial charge < -0.3 is 0 Å². The smallest absolute Gasteiger partial charge is 0.0351 e. The summed E-state index contributed by atoms with van der Waals surface area (Å²) in [6, 6.07) is 0. The minimum atomic E-state index is 1.08. The third-order valence-corrected chi connectivity index (χ3v) is 1.11. The molecule has 0 aliphatic heterocycles. The molecule has 0 fully saturated rings. The molecule has 0 atom stereocenters. The highest BCUT2D eigenvalue weighted by Crippen LogP contribution is 1.98. The summed E-state index contributed by atoms with van der Waals surface area (Å²) in [4.78, 5) is 0. The van der Waals surface area contributed by atoms with Gasteiger partial charge in [-0.15, -0.1) is 0 Å². The summed E-state index contributed by atoms with van der Waals surface area (Å²) >= 11 is 0. The van der Waals surface area contributed by atoms with Crippen LogP contribution in [0.15, 0.2) is 12.2 Å². The second kappa shape index (κ2) is 6.74. The first-order chi connectivity index (χ1) is 3.91. The highest BCUT2D eigenvalue weighted by Gasteiger charge is 1.78. The second-order valence-electron chi connectivity index (χ2n) is 1.92. The maximum atomic E-state index is 3.76. The Balaban J connectivity index is 2.72. The van der Waals surface area contributed by atoms with Gasteiger partial charge in [0.25, 0.3) is 0 Å². The first kappa shape index (κ1) is 7.74. The highest BCUT2D eigenvalue weighted by molar-refractivity contribution is 4.76. The van der Waals surface area contributed by atoms with Crippen molar-refractivity contribution in [2.75, 3.05) is 0 Å². The van der Waals surface area contributed by atoms with E-state index >= 15 is 0 Å². The fourth-order valence-corrected chi connectivity index (χ4v) is 0.606. The zero-order valence-electron chi connectivity index (χ0n) is 5.69. The molecule has 0 heterocycles. The Bertz CT molecular complexity index is 53.1. The van der Waals surface area contributed by atoms with Crippen LogP contribution in [0.25, 0.3) is 0 Å². The summed E-state index contributed by atoms with van der Waals surface area (Å²) in [5, 5.41) is 0. The molecule has 0 heteroatoms. The van der Waals surface area contributed by atoms with Crippen LogP contribution in [0.4, 0.5) is 0 Å². The molecule has 0 N–H and O–H groups in total. The molecule has 0 amide bonds. The van der Waals surface area contributed by atoms with Gasteiger partial charge in [0.1, 0.15) is 0 Å². The van der Waals surface area contributed by atoms with E-state index in [1.165, 1.54) is 19.3 Å². The van der Waals surface area contributed by atoms with E-state index in [1.807, 2.05) is 0 Å². The minimum Gasteiger partial charge on any atom is -0.0917 e. The van der Waals surface area contributed by atoms with Gasteiger partial charge in [-0.2, -0.15) is 0 Å². The third-order valence-electron chi connectivity index (χ3n) is 1.11. The van der Waals surface area contributed by atoms with Crippen LogP contribution >= 0.6 is 0 Å². The van der Waals surface area contributed by atoms with Crippen LogP contribution in [-0.4, -0.2) is 0 Å². The molecule has 0 aliphatic carbocycles. The van der Waals surface area contributed by atoms with Crippen LogP contribution in [0.2, 0.25) is 0 Å². The predicted molar refractivity (Wildman–Crippen MR) is 38.6 cm³/mol. The third kappa shape index (κ3) is 5.74. The largest absolute Gasteiger partial charge is 0.0917 e. The molecule has 0 nitrogen and oxygen atoms in total. The molecule has 47 valence electrons. The van der Waals surface area contributed by atoms with Crippen molar-refractivity contribution in [3.8, 4) is 0 Å². The van der Waals surface area contributed by atoms with Gasteiger partial charge in [-0.05, 0) is 19.8 Å². The van der Waals surface area contributed by atoms with E-state index in [0.29, 0.717) is 0 Å². The normalized spacial score (nSPS) is 10.8. The number of hydrogen-bond acceptors (Lipinski definition) is 0. The van der Waals surface area contributed by atoms with Crippen LogP contribution in [0.1, 0.15) is 32.6 Å². The van der Waals surface area contributed by atoms with Crippen molar-refractivity contribution in [1.29, 1.82) is 0 Å². The van der Waals surface area contributed by atoms with Crippen LogP contribution in [0.3, 0.4) is 0 Å². The molecule has 0 bridgehead atoms. The van der Waals surface area contributed by atoms with E-state index in [0.717, 1.165) is 6.42 Å². The summed E-state index contributed by atoms with van der Waals surface area (Å²) < 4.78 is 0. The maximum Gasteiger partial charge on any atom is -0.0351 e. The Hall–Kier alpha value is -0.260. The summed E-state index contributed by atoms with van der Waals surface area (Å²) in [7, 11) is 0. The average molecular weight is 111 g/mol. The topological polar surface area (TPSA) is 0 Å². The molecular weight excluding hydrogens is 96.1 g/mol. The van der Waals surface area contributed by atoms with Crippen molar-refractivity contribution in [2.24, 2.45) is 0 Å². The number of unbranched alkanes of at least 4 members (excludes halogenated alkanes) is 3. The van der Waals surface area contributed by atoms with E-state index < -0.39 is 0 Å². The number of allylic oxidation sites excluding steroid dienone is 2. The SMILES string of the molecule is [CH2]CCCC/C=C/C. The molecule has 1 radical (unpaired) electrons. The Morgan fingerprint density at radius 2 is 2.12 bits per heavy atom. The van der Waals surface area contributed by atoms with E-state index in [2.05, 4.69) is 26.0 Å². The summed E-state index contributed by atoms with van der Waals surface area (Å²) in [6.07, 6.45) is 9.18. The van der Waals surface area contributed by atoms with E-state index in [1.54, 1.807) is 0 Å². The average Bonchev–Trinajstić information content (AvgIpc) is 1.81. The number of hydrogen-bond donors (Lipinski definition) is 0. The molecule has 0 unspecified atom stereocenters. The molecule has 0 rings (SSSR count). The summed E-state index contributed by atoms with van der Waals surface area (Å²) in [5.41, 5.74) is 0. The van der Waals surface area contributed by atoms with Gasteiger partial charge in [-0.25, -0.2) is 0 Å². The highest BCUT2D eigenvalue weighted by atomic mass is 13.8. The lowest BCUT2D eigenvalue weighted by Crippen LogP contribution is -1.69. The van der Waals surface area contributed by atoms with Crippen LogP contribution < -0.4 is 0 Å². The van der Waals surface area contributed by atoms with Crippen molar-refractivity contribution in [3.05, 3.63) is 19.1 Å². The molecule has 0 saturated heterocycles. The molecule has 0 aromatic carbocycles. The predicted octanol–water partition coefficient (Wildman–Crippen LogP) is 2.96. The van der Waals surface area contributed by atoms with E-state index in [-0.39, 0.29) is 0 Å². The zero-order chi connectivity index (χ0) is 6.24. The van der Waals surface area contributed by atoms with Crippen molar-refractivity contribution in [2.45, 2.75) is 32.6 Å². The van der Waals surface area contributed by atoms with Gasteiger partial charge in [-0.3, -0.25) is 0 Å². The molecule has 0 saturated carbocycles. The minimum absolute atomic E-state index is 1.08. The monoisotopic (exact) mass is 111 g/mol. The van der Waals surface area contributed by atoms with Crippen LogP contribution in [0.5, 0.6) is 0 Å². The standard InChI is InChI=1S/C8H15/c1-3-5-7-8-6-4-2/h4,6H,1,3,5,7-8H2,2H3/b6-4+. The fraction of sp³-hybridized carbons (Fsp3) is 0.625. The summed E-state index contributed by atoms with van der Waals surface area (Å²) in [6.45, 7) is 5.82. The van der Waals surface area contributed by atoms with Gasteiger partial charge in [0.2, 0.25) is 0 Å². The molecule has 0 aliphatic rings. The molecule has 0 spiro atoms. The van der Waals surface area contributed by atoms with Crippen molar-refractivity contribution < 1.29 is 0 Å². The van der Waals surface area contributed by atoms with Gasteiger partial charge in [0.05, 0.1) is 0 Å². The zero-order valence-corrected chi connectivity index (χ0v) is 5.69. The number of rotatable bonds is 4. The van der Waals surface area contributed by atoms with Gasteiger partial charge >= 0.3 is 0 Å². The first-order valence-electron chi connectivity index (χ1n) is 3.32. The Labute approximate surface area is 52.6 Å². The van der Waals surface area contributed by atoms with Crippen molar-refractivity contribution >= 4 is 0 Å². The molecule has 8 heavy (non-hydrogen) atoms. The van der Waals surface area contributed by atoms with Crippen LogP contribution in [-0.2, 0) is 0 Å². The second-order valence-corrected chi connectivity index (χ2v) is 1.92. The molecule has 0 aromatic rings. The van der Waals surface area contributed by atoms with Crippen molar-refractivity contribution in [1.82, 2.24) is 0 Å². The quantitative estimate of drug-likeness (QED) is 0.386.